The van der Waals surface area contributed by atoms with Gasteiger partial charge in [-0.3, -0.25) is 0 Å². The molecule has 1 aliphatic carbocycles. The van der Waals surface area contributed by atoms with Crippen LogP contribution in [0.2, 0.25) is 0 Å². The van der Waals surface area contributed by atoms with Gasteiger partial charge in [0.1, 0.15) is 18.0 Å². The number of nitrogens with zero attached hydrogens (tertiary/aromatic N) is 4. The Morgan fingerprint density at radius 1 is 1.23 bits per heavy atom. The zero-order chi connectivity index (χ0) is 14.8. The van der Waals surface area contributed by atoms with E-state index < -0.39 is 0 Å². The van der Waals surface area contributed by atoms with Crippen LogP contribution in [0.1, 0.15) is 36.6 Å². The quantitative estimate of drug-likeness (QED) is 0.918. The molecule has 2 aromatic rings. The molecule has 3 heterocycles. The molecular weight excluding hydrogens is 294 g/mol. The van der Waals surface area contributed by atoms with E-state index in [1.165, 1.54) is 30.7 Å². The van der Waals surface area contributed by atoms with Crippen LogP contribution in [-0.2, 0) is 0 Å². The highest BCUT2D eigenvalue weighted by molar-refractivity contribution is 7.09. The number of anilines is 2. The number of hydrogen-bond donors (Lipinski definition) is 1. The third kappa shape index (κ3) is 3.21. The van der Waals surface area contributed by atoms with Crippen LogP contribution in [-0.4, -0.2) is 34.6 Å². The lowest BCUT2D eigenvalue weighted by Gasteiger charge is -2.32. The zero-order valence-corrected chi connectivity index (χ0v) is 13.4. The number of thiazole rings is 1. The highest BCUT2D eigenvalue weighted by Gasteiger charge is 2.24. The summed E-state index contributed by atoms with van der Waals surface area (Å²) in [4.78, 5) is 15.7. The Morgan fingerprint density at radius 3 is 3.00 bits per heavy atom. The SMILES string of the molecule is c1nc(NCC2CC2)cc(N2CCC[C@@H](c3nccs3)C2)n1. The molecule has 1 saturated heterocycles. The summed E-state index contributed by atoms with van der Waals surface area (Å²) in [6.07, 6.45) is 8.71. The number of hydrogen-bond acceptors (Lipinski definition) is 6. The monoisotopic (exact) mass is 315 g/mol. The lowest BCUT2D eigenvalue weighted by molar-refractivity contribution is 0.505. The standard InChI is InChI=1S/C16H21N5S/c1-2-13(16-17-5-7-22-16)10-21(6-1)15-8-14(19-11-20-15)18-9-12-3-4-12/h5,7-8,11-13H,1-4,6,9-10H2,(H,18,19,20)/t13-/m1/s1. The molecule has 2 aromatic heterocycles. The third-order valence-electron chi connectivity index (χ3n) is 4.47. The van der Waals surface area contributed by atoms with Crippen molar-refractivity contribution in [3.8, 4) is 0 Å². The maximum absolute atomic E-state index is 4.49. The predicted octanol–water partition coefficient (Wildman–Crippen LogP) is 3.14. The van der Waals surface area contributed by atoms with E-state index in [2.05, 4.69) is 36.6 Å². The van der Waals surface area contributed by atoms with Gasteiger partial charge in [0.15, 0.2) is 0 Å². The normalized spacial score (nSPS) is 21.8. The van der Waals surface area contributed by atoms with Crippen LogP contribution in [0, 0.1) is 5.92 Å². The van der Waals surface area contributed by atoms with Gasteiger partial charge in [-0.25, -0.2) is 15.0 Å². The van der Waals surface area contributed by atoms with Gasteiger partial charge in [-0.1, -0.05) is 0 Å². The molecule has 0 amide bonds. The van der Waals surface area contributed by atoms with Crippen molar-refractivity contribution in [2.24, 2.45) is 5.92 Å². The highest BCUT2D eigenvalue weighted by atomic mass is 32.1. The molecule has 5 nitrogen and oxygen atoms in total. The molecule has 0 spiro atoms. The van der Waals surface area contributed by atoms with E-state index in [0.29, 0.717) is 5.92 Å². The summed E-state index contributed by atoms with van der Waals surface area (Å²) in [6.45, 7) is 3.12. The first-order valence-electron chi connectivity index (χ1n) is 8.09. The van der Waals surface area contributed by atoms with Crippen LogP contribution in [0.5, 0.6) is 0 Å². The molecule has 1 atom stereocenters. The zero-order valence-electron chi connectivity index (χ0n) is 12.6. The fourth-order valence-corrected chi connectivity index (χ4v) is 3.78. The van der Waals surface area contributed by atoms with Crippen molar-refractivity contribution in [3.05, 3.63) is 29.0 Å². The summed E-state index contributed by atoms with van der Waals surface area (Å²) in [5, 5.41) is 6.76. The molecule has 2 aliphatic rings. The van der Waals surface area contributed by atoms with Crippen LogP contribution in [0.3, 0.4) is 0 Å². The maximum Gasteiger partial charge on any atom is 0.134 e. The van der Waals surface area contributed by atoms with Crippen LogP contribution in [0.4, 0.5) is 11.6 Å². The minimum atomic E-state index is 0.534. The Hall–Kier alpha value is -1.69. The van der Waals surface area contributed by atoms with E-state index in [1.807, 2.05) is 6.20 Å². The van der Waals surface area contributed by atoms with E-state index >= 15 is 0 Å². The van der Waals surface area contributed by atoms with Crippen molar-refractivity contribution in [2.75, 3.05) is 29.9 Å². The summed E-state index contributed by atoms with van der Waals surface area (Å²) >= 11 is 1.77. The molecule has 0 radical (unpaired) electrons. The molecule has 0 bridgehead atoms. The van der Waals surface area contributed by atoms with Gasteiger partial charge in [0.25, 0.3) is 0 Å². The van der Waals surface area contributed by atoms with Crippen LogP contribution in [0.25, 0.3) is 0 Å². The minimum absolute atomic E-state index is 0.534. The lowest BCUT2D eigenvalue weighted by Crippen LogP contribution is -2.35. The Morgan fingerprint density at radius 2 is 2.18 bits per heavy atom. The second kappa shape index (κ2) is 6.20. The lowest BCUT2D eigenvalue weighted by atomic mass is 9.99. The number of nitrogens with one attached hydrogen (secondary N) is 1. The van der Waals surface area contributed by atoms with Gasteiger partial charge in [0.2, 0.25) is 0 Å². The summed E-state index contributed by atoms with van der Waals surface area (Å²) in [6, 6.07) is 2.09. The first-order valence-corrected chi connectivity index (χ1v) is 8.97. The molecule has 0 unspecified atom stereocenters. The average molecular weight is 315 g/mol. The van der Waals surface area contributed by atoms with E-state index in [1.54, 1.807) is 17.7 Å². The topological polar surface area (TPSA) is 53.9 Å². The van der Waals surface area contributed by atoms with E-state index in [0.717, 1.165) is 37.2 Å². The number of aromatic nitrogens is 3. The molecule has 6 heteroatoms. The fourth-order valence-electron chi connectivity index (χ4n) is 3.01. The molecular formula is C16H21N5S. The first kappa shape index (κ1) is 13.9. The molecule has 116 valence electrons. The number of piperidine rings is 1. The van der Waals surface area contributed by atoms with E-state index in [9.17, 15) is 0 Å². The largest absolute Gasteiger partial charge is 0.370 e. The van der Waals surface area contributed by atoms with Crippen molar-refractivity contribution < 1.29 is 0 Å². The van der Waals surface area contributed by atoms with Crippen molar-refractivity contribution in [2.45, 2.75) is 31.6 Å². The Labute approximate surface area is 134 Å². The van der Waals surface area contributed by atoms with Gasteiger partial charge in [-0.05, 0) is 31.6 Å². The summed E-state index contributed by atoms with van der Waals surface area (Å²) in [7, 11) is 0. The van der Waals surface area contributed by atoms with Crippen molar-refractivity contribution in [3.63, 3.8) is 0 Å². The van der Waals surface area contributed by atoms with Crippen LogP contribution < -0.4 is 10.2 Å². The van der Waals surface area contributed by atoms with Gasteiger partial charge in [-0.2, -0.15) is 0 Å². The van der Waals surface area contributed by atoms with E-state index in [-0.39, 0.29) is 0 Å². The molecule has 4 rings (SSSR count). The average Bonchev–Trinajstić information content (AvgIpc) is 3.24. The second-order valence-corrected chi connectivity index (χ2v) is 7.17. The summed E-state index contributed by atoms with van der Waals surface area (Å²) in [5.74, 6) is 3.37. The summed E-state index contributed by atoms with van der Waals surface area (Å²) < 4.78 is 0. The maximum atomic E-state index is 4.49. The first-order chi connectivity index (χ1) is 10.9. The van der Waals surface area contributed by atoms with Crippen LogP contribution >= 0.6 is 11.3 Å². The molecule has 1 N–H and O–H groups in total. The van der Waals surface area contributed by atoms with Gasteiger partial charge >= 0.3 is 0 Å². The van der Waals surface area contributed by atoms with Gasteiger partial charge in [0, 0.05) is 43.2 Å². The smallest absolute Gasteiger partial charge is 0.134 e. The molecule has 22 heavy (non-hydrogen) atoms. The molecule has 1 saturated carbocycles. The molecule has 0 aromatic carbocycles. The highest BCUT2D eigenvalue weighted by Crippen LogP contribution is 2.31. The van der Waals surface area contributed by atoms with Crippen molar-refractivity contribution in [1.82, 2.24) is 15.0 Å². The third-order valence-corrected chi connectivity index (χ3v) is 5.41. The van der Waals surface area contributed by atoms with E-state index in [4.69, 9.17) is 0 Å². The van der Waals surface area contributed by atoms with Crippen molar-refractivity contribution >= 4 is 23.0 Å². The van der Waals surface area contributed by atoms with Gasteiger partial charge in [0.05, 0.1) is 5.01 Å². The van der Waals surface area contributed by atoms with Crippen molar-refractivity contribution in [1.29, 1.82) is 0 Å². The fraction of sp³-hybridized carbons (Fsp3) is 0.562. The second-order valence-electron chi connectivity index (χ2n) is 6.24. The Bertz CT molecular complexity index is 611. The minimum Gasteiger partial charge on any atom is -0.370 e. The van der Waals surface area contributed by atoms with Gasteiger partial charge < -0.3 is 10.2 Å². The Balaban J connectivity index is 1.44. The number of rotatable bonds is 5. The van der Waals surface area contributed by atoms with Crippen LogP contribution in [0.15, 0.2) is 24.0 Å². The van der Waals surface area contributed by atoms with Gasteiger partial charge in [-0.15, -0.1) is 11.3 Å². The Kier molecular flexibility index (Phi) is 3.93. The molecule has 2 fully saturated rings. The molecule has 1 aliphatic heterocycles. The predicted molar refractivity (Wildman–Crippen MR) is 89.5 cm³/mol. The summed E-state index contributed by atoms with van der Waals surface area (Å²) in [5.41, 5.74) is 0.